The van der Waals surface area contributed by atoms with Crippen molar-refractivity contribution in [3.05, 3.63) is 35.4 Å². The molecule has 0 unspecified atom stereocenters. The molecule has 0 bridgehead atoms. The minimum atomic E-state index is 0.288. The SMILES string of the molecule is O=C(c1ccccc1C1CCC1)C1CCCCCCC1. The Bertz CT molecular complexity index is 451. The molecular weight excluding hydrogens is 244 g/mol. The van der Waals surface area contributed by atoms with Gasteiger partial charge in [-0.2, -0.15) is 0 Å². The van der Waals surface area contributed by atoms with Crippen molar-refractivity contribution in [2.75, 3.05) is 0 Å². The van der Waals surface area contributed by atoms with Crippen LogP contribution in [0.2, 0.25) is 0 Å². The van der Waals surface area contributed by atoms with Crippen molar-refractivity contribution in [2.45, 2.75) is 70.1 Å². The molecule has 0 aromatic heterocycles. The molecule has 0 atom stereocenters. The largest absolute Gasteiger partial charge is 0.294 e. The van der Waals surface area contributed by atoms with Gasteiger partial charge in [0.05, 0.1) is 0 Å². The third-order valence-corrected chi connectivity index (χ3v) is 5.25. The van der Waals surface area contributed by atoms with E-state index in [-0.39, 0.29) is 5.92 Å². The lowest BCUT2D eigenvalue weighted by Gasteiger charge is -2.28. The molecule has 0 amide bonds. The summed E-state index contributed by atoms with van der Waals surface area (Å²) in [5.74, 6) is 1.38. The Hall–Kier alpha value is -1.11. The van der Waals surface area contributed by atoms with E-state index < -0.39 is 0 Å². The van der Waals surface area contributed by atoms with Gasteiger partial charge >= 0.3 is 0 Å². The topological polar surface area (TPSA) is 17.1 Å². The first-order valence-electron chi connectivity index (χ1n) is 8.49. The molecular formula is C19H26O. The first-order valence-corrected chi connectivity index (χ1v) is 8.49. The van der Waals surface area contributed by atoms with Gasteiger partial charge in [0.2, 0.25) is 0 Å². The first-order chi connectivity index (χ1) is 9.86. The monoisotopic (exact) mass is 270 g/mol. The zero-order chi connectivity index (χ0) is 13.8. The van der Waals surface area contributed by atoms with Crippen LogP contribution in [0.25, 0.3) is 0 Å². The summed E-state index contributed by atoms with van der Waals surface area (Å²) in [5, 5.41) is 0. The lowest BCUT2D eigenvalue weighted by molar-refractivity contribution is 0.0896. The average molecular weight is 270 g/mol. The van der Waals surface area contributed by atoms with Gasteiger partial charge in [0.25, 0.3) is 0 Å². The maximum absolute atomic E-state index is 12.9. The highest BCUT2D eigenvalue weighted by atomic mass is 16.1. The molecule has 1 aromatic rings. The van der Waals surface area contributed by atoms with E-state index >= 15 is 0 Å². The van der Waals surface area contributed by atoms with Gasteiger partial charge in [-0.25, -0.2) is 0 Å². The molecule has 20 heavy (non-hydrogen) atoms. The van der Waals surface area contributed by atoms with Crippen LogP contribution >= 0.6 is 0 Å². The molecule has 0 aliphatic heterocycles. The van der Waals surface area contributed by atoms with Crippen LogP contribution in [0, 0.1) is 5.92 Å². The highest BCUT2D eigenvalue weighted by molar-refractivity contribution is 5.99. The fraction of sp³-hybridized carbons (Fsp3) is 0.632. The number of Topliss-reactive ketones (excluding diaryl/α,β-unsaturated/α-hetero) is 1. The third kappa shape index (κ3) is 2.97. The Morgan fingerprint density at radius 2 is 1.45 bits per heavy atom. The molecule has 0 saturated heterocycles. The number of ketones is 1. The Kier molecular flexibility index (Phi) is 4.54. The average Bonchev–Trinajstić information content (AvgIpc) is 2.36. The molecule has 0 radical (unpaired) electrons. The van der Waals surface area contributed by atoms with E-state index in [9.17, 15) is 4.79 Å². The summed E-state index contributed by atoms with van der Waals surface area (Å²) >= 11 is 0. The number of hydrogen-bond acceptors (Lipinski definition) is 1. The van der Waals surface area contributed by atoms with Crippen molar-refractivity contribution in [1.82, 2.24) is 0 Å². The van der Waals surface area contributed by atoms with Crippen molar-refractivity contribution in [3.63, 3.8) is 0 Å². The van der Waals surface area contributed by atoms with Gasteiger partial charge in [-0.1, -0.05) is 62.8 Å². The van der Waals surface area contributed by atoms with Gasteiger partial charge in [-0.15, -0.1) is 0 Å². The van der Waals surface area contributed by atoms with E-state index in [1.165, 1.54) is 56.9 Å². The highest BCUT2D eigenvalue weighted by Crippen LogP contribution is 2.39. The van der Waals surface area contributed by atoms with E-state index in [0.717, 1.165) is 18.4 Å². The van der Waals surface area contributed by atoms with E-state index in [0.29, 0.717) is 11.7 Å². The Morgan fingerprint density at radius 3 is 2.10 bits per heavy atom. The van der Waals surface area contributed by atoms with Crippen molar-refractivity contribution < 1.29 is 4.79 Å². The number of carbonyl (C=O) groups is 1. The summed E-state index contributed by atoms with van der Waals surface area (Å²) < 4.78 is 0. The van der Waals surface area contributed by atoms with Crippen molar-refractivity contribution in [2.24, 2.45) is 5.92 Å². The molecule has 0 N–H and O–H groups in total. The molecule has 1 nitrogen and oxygen atoms in total. The second-order valence-electron chi connectivity index (χ2n) is 6.62. The molecule has 1 heteroatoms. The first kappa shape index (κ1) is 13.9. The Morgan fingerprint density at radius 1 is 0.800 bits per heavy atom. The summed E-state index contributed by atoms with van der Waals surface area (Å²) in [5.41, 5.74) is 2.38. The zero-order valence-electron chi connectivity index (χ0n) is 12.4. The van der Waals surface area contributed by atoms with E-state index in [1.807, 2.05) is 6.07 Å². The number of rotatable bonds is 3. The smallest absolute Gasteiger partial charge is 0.166 e. The van der Waals surface area contributed by atoms with Gasteiger partial charge in [-0.05, 0) is 37.2 Å². The summed E-state index contributed by atoms with van der Waals surface area (Å²) in [6, 6.07) is 8.41. The van der Waals surface area contributed by atoms with E-state index in [2.05, 4.69) is 18.2 Å². The van der Waals surface area contributed by atoms with Crippen molar-refractivity contribution in [3.8, 4) is 0 Å². The number of hydrogen-bond donors (Lipinski definition) is 0. The van der Waals surface area contributed by atoms with E-state index in [1.54, 1.807) is 0 Å². The van der Waals surface area contributed by atoms with Crippen molar-refractivity contribution in [1.29, 1.82) is 0 Å². The van der Waals surface area contributed by atoms with Crippen LogP contribution < -0.4 is 0 Å². The quantitative estimate of drug-likeness (QED) is 0.663. The van der Waals surface area contributed by atoms with Gasteiger partial charge in [0.1, 0.15) is 0 Å². The maximum Gasteiger partial charge on any atom is 0.166 e. The van der Waals surface area contributed by atoms with Crippen LogP contribution in [0.1, 0.15) is 86.0 Å². The Balaban J connectivity index is 1.78. The van der Waals surface area contributed by atoms with Gasteiger partial charge in [0, 0.05) is 11.5 Å². The predicted octanol–water partition coefficient (Wildman–Crippen LogP) is 5.50. The molecule has 108 valence electrons. The van der Waals surface area contributed by atoms with Crippen LogP contribution in [0.15, 0.2) is 24.3 Å². The second kappa shape index (κ2) is 6.56. The highest BCUT2D eigenvalue weighted by Gasteiger charge is 2.27. The zero-order valence-corrected chi connectivity index (χ0v) is 12.4. The van der Waals surface area contributed by atoms with Gasteiger partial charge in [-0.3, -0.25) is 4.79 Å². The van der Waals surface area contributed by atoms with Crippen molar-refractivity contribution >= 4 is 5.78 Å². The molecule has 3 rings (SSSR count). The standard InChI is InChI=1S/C19H26O/c20-19(16-9-4-2-1-3-5-10-16)18-14-7-6-13-17(18)15-11-8-12-15/h6-7,13-16H,1-5,8-12H2. The van der Waals surface area contributed by atoms with Crippen LogP contribution in [0.3, 0.4) is 0 Å². The molecule has 2 aliphatic rings. The normalized spacial score (nSPS) is 21.8. The van der Waals surface area contributed by atoms with Crippen LogP contribution in [-0.4, -0.2) is 5.78 Å². The second-order valence-corrected chi connectivity index (χ2v) is 6.62. The van der Waals surface area contributed by atoms with E-state index in [4.69, 9.17) is 0 Å². The fourth-order valence-corrected chi connectivity index (χ4v) is 3.73. The van der Waals surface area contributed by atoms with Crippen LogP contribution in [0.4, 0.5) is 0 Å². The molecule has 1 aromatic carbocycles. The number of carbonyl (C=O) groups excluding carboxylic acids is 1. The minimum absolute atomic E-state index is 0.288. The minimum Gasteiger partial charge on any atom is -0.294 e. The predicted molar refractivity (Wildman–Crippen MR) is 83.2 cm³/mol. The summed E-state index contributed by atoms with van der Waals surface area (Å²) in [7, 11) is 0. The summed E-state index contributed by atoms with van der Waals surface area (Å²) in [4.78, 5) is 12.9. The fourth-order valence-electron chi connectivity index (χ4n) is 3.73. The van der Waals surface area contributed by atoms with Crippen LogP contribution in [0.5, 0.6) is 0 Å². The molecule has 2 aliphatic carbocycles. The summed E-state index contributed by atoms with van der Waals surface area (Å²) in [6.45, 7) is 0. The Labute approximate surface area is 122 Å². The van der Waals surface area contributed by atoms with Crippen LogP contribution in [-0.2, 0) is 0 Å². The molecule has 2 fully saturated rings. The lowest BCUT2D eigenvalue weighted by Crippen LogP contribution is -2.20. The molecule has 0 spiro atoms. The third-order valence-electron chi connectivity index (χ3n) is 5.25. The molecule has 2 saturated carbocycles. The molecule has 0 heterocycles. The van der Waals surface area contributed by atoms with Gasteiger partial charge in [0.15, 0.2) is 5.78 Å². The number of benzene rings is 1. The van der Waals surface area contributed by atoms with Gasteiger partial charge < -0.3 is 0 Å². The summed E-state index contributed by atoms with van der Waals surface area (Å²) in [6.07, 6.45) is 12.6. The maximum atomic E-state index is 12.9. The lowest BCUT2D eigenvalue weighted by atomic mass is 9.75.